The second-order valence-corrected chi connectivity index (χ2v) is 6.14. The number of halogens is 2. The normalized spacial score (nSPS) is 18.5. The van der Waals surface area contributed by atoms with Crippen molar-refractivity contribution in [3.05, 3.63) is 57.4 Å². The van der Waals surface area contributed by atoms with Crippen molar-refractivity contribution in [2.75, 3.05) is 13.1 Å². The Morgan fingerprint density at radius 1 is 1.40 bits per heavy atom. The van der Waals surface area contributed by atoms with E-state index in [1.54, 1.807) is 24.5 Å². The molecule has 0 bridgehead atoms. The maximum absolute atomic E-state index is 12.5. The molecule has 20 heavy (non-hydrogen) atoms. The van der Waals surface area contributed by atoms with Crippen LogP contribution in [0.5, 0.6) is 0 Å². The summed E-state index contributed by atoms with van der Waals surface area (Å²) in [5, 5.41) is 0.608. The van der Waals surface area contributed by atoms with Crippen LogP contribution >= 0.6 is 27.5 Å². The molecule has 1 aliphatic rings. The van der Waals surface area contributed by atoms with Gasteiger partial charge in [0.1, 0.15) is 5.76 Å². The zero-order valence-corrected chi connectivity index (χ0v) is 13.0. The van der Waals surface area contributed by atoms with Gasteiger partial charge in [0.05, 0.1) is 11.3 Å². The Morgan fingerprint density at radius 3 is 2.95 bits per heavy atom. The van der Waals surface area contributed by atoms with Crippen LogP contribution in [0.1, 0.15) is 28.5 Å². The van der Waals surface area contributed by atoms with Crippen molar-refractivity contribution in [3.63, 3.8) is 0 Å². The summed E-state index contributed by atoms with van der Waals surface area (Å²) in [6.07, 6.45) is 2.62. The SMILES string of the molecule is O=C(c1ccc(Cl)c(Br)c1)N1CCC(c2ccco2)C1. The lowest BCUT2D eigenvalue weighted by Crippen LogP contribution is -2.28. The lowest BCUT2D eigenvalue weighted by molar-refractivity contribution is 0.0790. The lowest BCUT2D eigenvalue weighted by Gasteiger charge is -2.16. The number of furan rings is 1. The lowest BCUT2D eigenvalue weighted by atomic mass is 10.1. The van der Waals surface area contributed by atoms with E-state index < -0.39 is 0 Å². The summed E-state index contributed by atoms with van der Waals surface area (Å²) >= 11 is 9.30. The third kappa shape index (κ3) is 2.63. The summed E-state index contributed by atoms with van der Waals surface area (Å²) in [6, 6.07) is 9.12. The predicted molar refractivity (Wildman–Crippen MR) is 81.1 cm³/mol. The minimum atomic E-state index is 0.0384. The predicted octanol–water partition coefficient (Wildman–Crippen LogP) is 4.33. The quantitative estimate of drug-likeness (QED) is 0.804. The Hall–Kier alpha value is -1.26. The third-order valence-electron chi connectivity index (χ3n) is 3.59. The van der Waals surface area contributed by atoms with Gasteiger partial charge in [0.2, 0.25) is 0 Å². The number of carbonyl (C=O) groups excluding carboxylic acids is 1. The van der Waals surface area contributed by atoms with E-state index in [1.165, 1.54) is 0 Å². The van der Waals surface area contributed by atoms with Gasteiger partial charge in [0, 0.05) is 29.0 Å². The Bertz CT molecular complexity index is 627. The van der Waals surface area contributed by atoms with E-state index in [-0.39, 0.29) is 5.91 Å². The van der Waals surface area contributed by atoms with E-state index in [0.29, 0.717) is 23.0 Å². The minimum absolute atomic E-state index is 0.0384. The molecule has 0 N–H and O–H groups in total. The van der Waals surface area contributed by atoms with E-state index in [4.69, 9.17) is 16.0 Å². The summed E-state index contributed by atoms with van der Waals surface area (Å²) < 4.78 is 6.17. The van der Waals surface area contributed by atoms with Crippen molar-refractivity contribution in [3.8, 4) is 0 Å². The highest BCUT2D eigenvalue weighted by atomic mass is 79.9. The molecule has 104 valence electrons. The van der Waals surface area contributed by atoms with Crippen LogP contribution in [0, 0.1) is 0 Å². The number of rotatable bonds is 2. The van der Waals surface area contributed by atoms with Crippen LogP contribution in [0.15, 0.2) is 45.5 Å². The number of benzene rings is 1. The van der Waals surface area contributed by atoms with Gasteiger partial charge in [0.15, 0.2) is 0 Å². The molecule has 1 unspecified atom stereocenters. The second-order valence-electron chi connectivity index (χ2n) is 4.88. The second kappa shape index (κ2) is 5.62. The molecule has 3 nitrogen and oxygen atoms in total. The van der Waals surface area contributed by atoms with Gasteiger partial charge in [-0.25, -0.2) is 0 Å². The van der Waals surface area contributed by atoms with Crippen LogP contribution in [0.4, 0.5) is 0 Å². The third-order valence-corrected chi connectivity index (χ3v) is 4.80. The van der Waals surface area contributed by atoms with Crippen molar-refractivity contribution in [1.29, 1.82) is 0 Å². The first kappa shape index (κ1) is 13.7. The molecule has 1 atom stereocenters. The maximum Gasteiger partial charge on any atom is 0.253 e. The fourth-order valence-corrected chi connectivity index (χ4v) is 3.01. The van der Waals surface area contributed by atoms with E-state index in [2.05, 4.69) is 15.9 Å². The average molecular weight is 355 g/mol. The summed E-state index contributed by atoms with van der Waals surface area (Å²) in [6.45, 7) is 1.46. The van der Waals surface area contributed by atoms with Gasteiger partial charge < -0.3 is 9.32 Å². The standard InChI is InChI=1S/C15H13BrClNO2/c16-12-8-10(3-4-13(12)17)15(19)18-6-5-11(9-18)14-2-1-7-20-14/h1-4,7-8,11H,5-6,9H2. The van der Waals surface area contributed by atoms with Crippen LogP contribution in [0.25, 0.3) is 0 Å². The summed E-state index contributed by atoms with van der Waals surface area (Å²) in [5.74, 6) is 1.29. The molecule has 1 saturated heterocycles. The van der Waals surface area contributed by atoms with Gasteiger partial charge in [-0.05, 0) is 52.7 Å². The largest absolute Gasteiger partial charge is 0.469 e. The highest BCUT2D eigenvalue weighted by Gasteiger charge is 2.29. The molecular weight excluding hydrogens is 342 g/mol. The highest BCUT2D eigenvalue weighted by molar-refractivity contribution is 9.10. The molecule has 3 rings (SSSR count). The molecule has 0 saturated carbocycles. The number of hydrogen-bond donors (Lipinski definition) is 0. The monoisotopic (exact) mass is 353 g/mol. The van der Waals surface area contributed by atoms with Crippen molar-refractivity contribution in [2.45, 2.75) is 12.3 Å². The molecule has 5 heteroatoms. The molecule has 0 aliphatic carbocycles. The maximum atomic E-state index is 12.5. The summed E-state index contributed by atoms with van der Waals surface area (Å²) in [5.41, 5.74) is 0.654. The Balaban J connectivity index is 1.74. The van der Waals surface area contributed by atoms with E-state index in [9.17, 15) is 4.79 Å². The minimum Gasteiger partial charge on any atom is -0.469 e. The van der Waals surface area contributed by atoms with E-state index in [0.717, 1.165) is 23.2 Å². The molecule has 0 spiro atoms. The van der Waals surface area contributed by atoms with Crippen molar-refractivity contribution in [1.82, 2.24) is 4.90 Å². The molecule has 2 heterocycles. The van der Waals surface area contributed by atoms with Gasteiger partial charge in [0.25, 0.3) is 5.91 Å². The topological polar surface area (TPSA) is 33.5 Å². The number of amides is 1. The fourth-order valence-electron chi connectivity index (χ4n) is 2.51. The molecule has 1 fully saturated rings. The van der Waals surface area contributed by atoms with Crippen LogP contribution < -0.4 is 0 Å². The molecule has 1 aromatic carbocycles. The Kier molecular flexibility index (Phi) is 3.85. The van der Waals surface area contributed by atoms with Crippen LogP contribution in [0.2, 0.25) is 5.02 Å². The van der Waals surface area contributed by atoms with Gasteiger partial charge in [-0.2, -0.15) is 0 Å². The van der Waals surface area contributed by atoms with Gasteiger partial charge in [-0.1, -0.05) is 11.6 Å². The van der Waals surface area contributed by atoms with Gasteiger partial charge >= 0.3 is 0 Å². The highest BCUT2D eigenvalue weighted by Crippen LogP contribution is 2.29. The van der Waals surface area contributed by atoms with E-state index >= 15 is 0 Å². The molecule has 2 aromatic rings. The smallest absolute Gasteiger partial charge is 0.253 e. The van der Waals surface area contributed by atoms with Crippen molar-refractivity contribution >= 4 is 33.4 Å². The summed E-state index contributed by atoms with van der Waals surface area (Å²) in [7, 11) is 0. The van der Waals surface area contributed by atoms with E-state index in [1.807, 2.05) is 17.0 Å². The molecule has 1 aliphatic heterocycles. The van der Waals surface area contributed by atoms with Gasteiger partial charge in [-0.3, -0.25) is 4.79 Å². The first-order valence-corrected chi connectivity index (χ1v) is 7.60. The zero-order chi connectivity index (χ0) is 14.1. The number of carbonyl (C=O) groups is 1. The Morgan fingerprint density at radius 2 is 2.25 bits per heavy atom. The van der Waals surface area contributed by atoms with Crippen molar-refractivity contribution < 1.29 is 9.21 Å². The number of hydrogen-bond acceptors (Lipinski definition) is 2. The zero-order valence-electron chi connectivity index (χ0n) is 10.7. The first-order valence-electron chi connectivity index (χ1n) is 6.43. The first-order chi connectivity index (χ1) is 9.65. The number of likely N-dealkylation sites (tertiary alicyclic amines) is 1. The molecule has 1 amide bonds. The number of nitrogens with zero attached hydrogens (tertiary/aromatic N) is 1. The van der Waals surface area contributed by atoms with Gasteiger partial charge in [-0.15, -0.1) is 0 Å². The Labute approximate surface area is 130 Å². The van der Waals surface area contributed by atoms with Crippen molar-refractivity contribution in [2.24, 2.45) is 0 Å². The average Bonchev–Trinajstić information content (AvgIpc) is 3.11. The molecule has 1 aromatic heterocycles. The molecular formula is C15H13BrClNO2. The fraction of sp³-hybridized carbons (Fsp3) is 0.267. The van der Waals surface area contributed by atoms with Crippen LogP contribution in [-0.2, 0) is 0 Å². The molecule has 0 radical (unpaired) electrons. The van der Waals surface area contributed by atoms with Crippen LogP contribution in [-0.4, -0.2) is 23.9 Å². The summed E-state index contributed by atoms with van der Waals surface area (Å²) in [4.78, 5) is 14.3. The van der Waals surface area contributed by atoms with Crippen LogP contribution in [0.3, 0.4) is 0 Å².